The molecular weight excluding hydrogens is 274 g/mol. The highest BCUT2D eigenvalue weighted by Gasteiger charge is 2.26. The summed E-state index contributed by atoms with van der Waals surface area (Å²) in [6, 6.07) is 5.91. The lowest BCUT2D eigenvalue weighted by Gasteiger charge is -2.31. The summed E-state index contributed by atoms with van der Waals surface area (Å²) in [5.41, 5.74) is 6.00. The zero-order chi connectivity index (χ0) is 15.4. The van der Waals surface area contributed by atoms with Gasteiger partial charge in [-0.3, -0.25) is 19.7 Å². The lowest BCUT2D eigenvalue weighted by Crippen LogP contribution is -2.44. The summed E-state index contributed by atoms with van der Waals surface area (Å²) in [5, 5.41) is 10.6. The molecule has 1 aromatic rings. The van der Waals surface area contributed by atoms with Gasteiger partial charge in [-0.05, 0) is 18.4 Å². The Morgan fingerprint density at radius 3 is 2.57 bits per heavy atom. The molecule has 0 radical (unpaired) electrons. The zero-order valence-electron chi connectivity index (χ0n) is 11.5. The fourth-order valence-corrected chi connectivity index (χ4v) is 2.46. The van der Waals surface area contributed by atoms with Crippen molar-refractivity contribution in [2.45, 2.75) is 19.3 Å². The smallest absolute Gasteiger partial charge is 0.269 e. The van der Waals surface area contributed by atoms with E-state index in [2.05, 4.69) is 0 Å². The fourth-order valence-electron chi connectivity index (χ4n) is 2.46. The van der Waals surface area contributed by atoms with Gasteiger partial charge < -0.3 is 10.6 Å². The van der Waals surface area contributed by atoms with Crippen molar-refractivity contribution in [3.05, 3.63) is 39.9 Å². The van der Waals surface area contributed by atoms with Gasteiger partial charge in [0.25, 0.3) is 5.69 Å². The molecule has 1 heterocycles. The van der Waals surface area contributed by atoms with E-state index in [1.165, 1.54) is 12.1 Å². The minimum absolute atomic E-state index is 0.00189. The van der Waals surface area contributed by atoms with E-state index >= 15 is 0 Å². The summed E-state index contributed by atoms with van der Waals surface area (Å²) < 4.78 is 0. The summed E-state index contributed by atoms with van der Waals surface area (Å²) >= 11 is 0. The molecule has 0 aromatic heterocycles. The second-order valence-corrected chi connectivity index (χ2v) is 5.18. The first-order valence-corrected chi connectivity index (χ1v) is 6.78. The first-order valence-electron chi connectivity index (χ1n) is 6.78. The molecule has 1 aliphatic heterocycles. The molecular formula is C14H17N3O4. The number of nitro groups is 1. The summed E-state index contributed by atoms with van der Waals surface area (Å²) in [5.74, 6) is -0.739. The van der Waals surface area contributed by atoms with Gasteiger partial charge in [0.15, 0.2) is 0 Å². The third-order valence-electron chi connectivity index (χ3n) is 3.68. The minimum Gasteiger partial charge on any atom is -0.369 e. The highest BCUT2D eigenvalue weighted by molar-refractivity contribution is 5.81. The Kier molecular flexibility index (Phi) is 4.52. The lowest BCUT2D eigenvalue weighted by atomic mass is 9.97. The molecule has 1 aromatic carbocycles. The van der Waals surface area contributed by atoms with Gasteiger partial charge in [0.05, 0.1) is 17.3 Å². The lowest BCUT2D eigenvalue weighted by molar-refractivity contribution is -0.384. The van der Waals surface area contributed by atoms with Crippen molar-refractivity contribution in [2.24, 2.45) is 11.7 Å². The maximum atomic E-state index is 12.2. The van der Waals surface area contributed by atoms with E-state index in [4.69, 9.17) is 5.73 Å². The van der Waals surface area contributed by atoms with Crippen molar-refractivity contribution < 1.29 is 14.5 Å². The third kappa shape index (κ3) is 3.77. The van der Waals surface area contributed by atoms with Gasteiger partial charge in [0, 0.05) is 25.2 Å². The zero-order valence-corrected chi connectivity index (χ0v) is 11.5. The number of carbonyl (C=O) groups excluding carboxylic acids is 2. The molecule has 1 atom stereocenters. The molecule has 0 aliphatic carbocycles. The van der Waals surface area contributed by atoms with E-state index in [0.717, 1.165) is 12.8 Å². The molecule has 7 nitrogen and oxygen atoms in total. The van der Waals surface area contributed by atoms with Gasteiger partial charge in [-0.2, -0.15) is 0 Å². The molecule has 1 fully saturated rings. The van der Waals surface area contributed by atoms with Gasteiger partial charge in [-0.15, -0.1) is 0 Å². The Morgan fingerprint density at radius 2 is 2.00 bits per heavy atom. The molecule has 2 N–H and O–H groups in total. The highest BCUT2D eigenvalue weighted by atomic mass is 16.6. The summed E-state index contributed by atoms with van der Waals surface area (Å²) in [6.45, 7) is 0.983. The molecule has 0 bridgehead atoms. The van der Waals surface area contributed by atoms with Crippen LogP contribution in [0.25, 0.3) is 0 Å². The number of likely N-dealkylation sites (tertiary alicyclic amines) is 1. The second-order valence-electron chi connectivity index (χ2n) is 5.18. The fraction of sp³-hybridized carbons (Fsp3) is 0.429. The monoisotopic (exact) mass is 291 g/mol. The van der Waals surface area contributed by atoms with Gasteiger partial charge >= 0.3 is 0 Å². The topological polar surface area (TPSA) is 107 Å². The number of benzene rings is 1. The molecule has 21 heavy (non-hydrogen) atoms. The van der Waals surface area contributed by atoms with Gasteiger partial charge in [-0.1, -0.05) is 12.1 Å². The molecule has 0 spiro atoms. The van der Waals surface area contributed by atoms with Gasteiger partial charge in [-0.25, -0.2) is 0 Å². The molecule has 1 aliphatic rings. The quantitative estimate of drug-likeness (QED) is 0.655. The third-order valence-corrected chi connectivity index (χ3v) is 3.68. The number of carbonyl (C=O) groups is 2. The van der Waals surface area contributed by atoms with Crippen molar-refractivity contribution in [3.63, 3.8) is 0 Å². The molecule has 2 amide bonds. The van der Waals surface area contributed by atoms with Crippen LogP contribution in [-0.4, -0.2) is 34.7 Å². The van der Waals surface area contributed by atoms with Crippen LogP contribution in [0.5, 0.6) is 0 Å². The highest BCUT2D eigenvalue weighted by Crippen LogP contribution is 2.18. The summed E-state index contributed by atoms with van der Waals surface area (Å²) in [4.78, 5) is 35.1. The summed E-state index contributed by atoms with van der Waals surface area (Å²) in [7, 11) is 0. The van der Waals surface area contributed by atoms with E-state index in [-0.39, 0.29) is 29.8 Å². The first-order chi connectivity index (χ1) is 9.97. The predicted molar refractivity (Wildman–Crippen MR) is 75.3 cm³/mol. The Morgan fingerprint density at radius 1 is 1.33 bits per heavy atom. The maximum Gasteiger partial charge on any atom is 0.269 e. The molecule has 2 rings (SSSR count). The molecule has 1 unspecified atom stereocenters. The number of hydrogen-bond donors (Lipinski definition) is 1. The van der Waals surface area contributed by atoms with Crippen LogP contribution >= 0.6 is 0 Å². The molecule has 7 heteroatoms. The minimum atomic E-state index is -0.478. The SMILES string of the molecule is NC(=O)C1CCCN(C(=O)Cc2ccc([N+](=O)[O-])cc2)C1. The van der Waals surface area contributed by atoms with Crippen LogP contribution in [0, 0.1) is 16.0 Å². The van der Waals surface area contributed by atoms with Gasteiger partial charge in [0.1, 0.15) is 0 Å². The Hall–Kier alpha value is -2.44. The first kappa shape index (κ1) is 15.0. The largest absolute Gasteiger partial charge is 0.369 e. The Balaban J connectivity index is 1.97. The van der Waals surface area contributed by atoms with Crippen molar-refractivity contribution in [1.29, 1.82) is 0 Å². The van der Waals surface area contributed by atoms with E-state index in [1.807, 2.05) is 0 Å². The van der Waals surface area contributed by atoms with Crippen LogP contribution in [0.4, 0.5) is 5.69 Å². The average Bonchev–Trinajstić information content (AvgIpc) is 2.48. The Bertz CT molecular complexity index is 556. The van der Waals surface area contributed by atoms with Crippen LogP contribution in [0.2, 0.25) is 0 Å². The number of rotatable bonds is 4. The normalized spacial score (nSPS) is 18.3. The average molecular weight is 291 g/mol. The number of hydrogen-bond acceptors (Lipinski definition) is 4. The number of nitro benzene ring substituents is 1. The van der Waals surface area contributed by atoms with E-state index in [0.29, 0.717) is 18.7 Å². The number of piperidine rings is 1. The number of nitrogens with two attached hydrogens (primary N) is 1. The van der Waals surface area contributed by atoms with Crippen LogP contribution in [0.3, 0.4) is 0 Å². The van der Waals surface area contributed by atoms with Crippen LogP contribution < -0.4 is 5.73 Å². The van der Waals surface area contributed by atoms with Crippen LogP contribution in [0.15, 0.2) is 24.3 Å². The van der Waals surface area contributed by atoms with E-state index in [1.54, 1.807) is 17.0 Å². The van der Waals surface area contributed by atoms with Crippen molar-refractivity contribution in [2.75, 3.05) is 13.1 Å². The number of non-ortho nitro benzene ring substituents is 1. The van der Waals surface area contributed by atoms with E-state index < -0.39 is 4.92 Å². The maximum absolute atomic E-state index is 12.2. The molecule has 0 saturated carbocycles. The predicted octanol–water partition coefficient (Wildman–Crippen LogP) is 0.861. The van der Waals surface area contributed by atoms with Crippen LogP contribution in [-0.2, 0) is 16.0 Å². The van der Waals surface area contributed by atoms with Gasteiger partial charge in [0.2, 0.25) is 11.8 Å². The number of nitrogens with zero attached hydrogens (tertiary/aromatic N) is 2. The van der Waals surface area contributed by atoms with Crippen molar-refractivity contribution >= 4 is 17.5 Å². The second kappa shape index (κ2) is 6.34. The molecule has 112 valence electrons. The standard InChI is InChI=1S/C14H17N3O4/c15-14(19)11-2-1-7-16(9-11)13(18)8-10-3-5-12(6-4-10)17(20)21/h3-6,11H,1-2,7-9H2,(H2,15,19). The summed E-state index contributed by atoms with van der Waals surface area (Å²) in [6.07, 6.45) is 1.65. The van der Waals surface area contributed by atoms with Crippen molar-refractivity contribution in [3.8, 4) is 0 Å². The Labute approximate surface area is 121 Å². The number of amides is 2. The number of primary amides is 1. The van der Waals surface area contributed by atoms with Crippen LogP contribution in [0.1, 0.15) is 18.4 Å². The van der Waals surface area contributed by atoms with E-state index in [9.17, 15) is 19.7 Å². The molecule has 1 saturated heterocycles. The van der Waals surface area contributed by atoms with Crippen molar-refractivity contribution in [1.82, 2.24) is 4.90 Å².